The summed E-state index contributed by atoms with van der Waals surface area (Å²) in [7, 11) is 0. The van der Waals surface area contributed by atoms with Crippen LogP contribution in [0.1, 0.15) is 27.2 Å². The van der Waals surface area contributed by atoms with Crippen LogP contribution in [0.15, 0.2) is 35.4 Å². The summed E-state index contributed by atoms with van der Waals surface area (Å²) < 4.78 is 0. The monoisotopic (exact) mass is 278 g/mol. The van der Waals surface area contributed by atoms with Crippen molar-refractivity contribution in [3.8, 4) is 0 Å². The normalized spacial score (nSPS) is 10.3. The topological polar surface area (TPSA) is 42.0 Å². The highest BCUT2D eigenvalue weighted by Gasteiger charge is 2.07. The van der Waals surface area contributed by atoms with E-state index in [1.807, 2.05) is 18.3 Å². The van der Waals surface area contributed by atoms with Crippen molar-refractivity contribution < 1.29 is 4.79 Å². The van der Waals surface area contributed by atoms with Gasteiger partial charge >= 0.3 is 0 Å². The smallest absolute Gasteiger partial charge is 0.251 e. The van der Waals surface area contributed by atoms with Gasteiger partial charge in [0.1, 0.15) is 5.01 Å². The Bertz CT molecular complexity index is 551. The van der Waals surface area contributed by atoms with Crippen molar-refractivity contribution in [3.05, 3.63) is 45.9 Å². The van der Waals surface area contributed by atoms with Gasteiger partial charge in [0.25, 0.3) is 5.91 Å². The van der Waals surface area contributed by atoms with Gasteiger partial charge in [0, 0.05) is 21.5 Å². The quantitative estimate of drug-likeness (QED) is 0.844. The van der Waals surface area contributed by atoms with E-state index in [1.54, 1.807) is 23.5 Å². The van der Waals surface area contributed by atoms with Crippen LogP contribution in [0, 0.1) is 0 Å². The number of nitrogens with zero attached hydrogens (tertiary/aromatic N) is 1. The lowest BCUT2D eigenvalue weighted by molar-refractivity contribution is 0.0950. The van der Waals surface area contributed by atoms with Gasteiger partial charge in [-0.05, 0) is 24.6 Å². The van der Waals surface area contributed by atoms with Crippen LogP contribution in [-0.4, -0.2) is 10.9 Å². The number of aromatic nitrogens is 1. The second-order valence-electron chi connectivity index (χ2n) is 3.81. The number of thiol groups is 1. The Balaban J connectivity index is 1.96. The van der Waals surface area contributed by atoms with Crippen LogP contribution < -0.4 is 5.32 Å². The van der Waals surface area contributed by atoms with Crippen molar-refractivity contribution in [1.82, 2.24) is 10.3 Å². The summed E-state index contributed by atoms with van der Waals surface area (Å²) in [4.78, 5) is 18.2. The van der Waals surface area contributed by atoms with Crippen LogP contribution in [0.3, 0.4) is 0 Å². The van der Waals surface area contributed by atoms with Gasteiger partial charge in [-0.15, -0.1) is 24.0 Å². The molecule has 1 heterocycles. The average Bonchev–Trinajstić information content (AvgIpc) is 2.84. The molecule has 0 atom stereocenters. The molecule has 3 nitrogen and oxygen atoms in total. The first-order valence-corrected chi connectivity index (χ1v) is 6.96. The Labute approximate surface area is 116 Å². The molecule has 0 saturated carbocycles. The van der Waals surface area contributed by atoms with Gasteiger partial charge in [-0.2, -0.15) is 0 Å². The highest BCUT2D eigenvalue weighted by molar-refractivity contribution is 7.80. The third kappa shape index (κ3) is 3.34. The maximum Gasteiger partial charge on any atom is 0.251 e. The summed E-state index contributed by atoms with van der Waals surface area (Å²) >= 11 is 5.84. The molecule has 18 heavy (non-hydrogen) atoms. The van der Waals surface area contributed by atoms with Crippen molar-refractivity contribution in [2.45, 2.75) is 24.8 Å². The fourth-order valence-electron chi connectivity index (χ4n) is 1.50. The molecule has 5 heteroatoms. The summed E-state index contributed by atoms with van der Waals surface area (Å²) in [6.45, 7) is 2.56. The first kappa shape index (κ1) is 13.1. The minimum atomic E-state index is -0.0980. The zero-order valence-electron chi connectivity index (χ0n) is 10.0. The Morgan fingerprint density at radius 2 is 2.33 bits per heavy atom. The zero-order valence-corrected chi connectivity index (χ0v) is 11.7. The molecule has 2 aromatic rings. The third-order valence-electron chi connectivity index (χ3n) is 2.46. The second-order valence-corrected chi connectivity index (χ2v) is 5.52. The van der Waals surface area contributed by atoms with E-state index in [1.165, 1.54) is 4.88 Å². The van der Waals surface area contributed by atoms with Crippen molar-refractivity contribution in [2.75, 3.05) is 0 Å². The summed E-state index contributed by atoms with van der Waals surface area (Å²) in [6, 6.07) is 7.18. The first-order chi connectivity index (χ1) is 8.69. The van der Waals surface area contributed by atoms with Gasteiger partial charge in [-0.3, -0.25) is 4.79 Å². The molecule has 0 radical (unpaired) electrons. The van der Waals surface area contributed by atoms with E-state index >= 15 is 0 Å². The van der Waals surface area contributed by atoms with Crippen LogP contribution in [-0.2, 0) is 13.0 Å². The number of amides is 1. The fourth-order valence-corrected chi connectivity index (χ4v) is 2.53. The summed E-state index contributed by atoms with van der Waals surface area (Å²) in [5.74, 6) is -0.0980. The molecule has 0 bridgehead atoms. The number of benzene rings is 1. The summed E-state index contributed by atoms with van der Waals surface area (Å²) in [5, 5.41) is 3.79. The largest absolute Gasteiger partial charge is 0.346 e. The molecule has 1 aromatic heterocycles. The lowest BCUT2D eigenvalue weighted by atomic mass is 10.2. The number of carbonyl (C=O) groups is 1. The number of hydrogen-bond donors (Lipinski definition) is 2. The lowest BCUT2D eigenvalue weighted by Crippen LogP contribution is -2.22. The zero-order chi connectivity index (χ0) is 13.0. The van der Waals surface area contributed by atoms with E-state index in [0.29, 0.717) is 12.1 Å². The average molecular weight is 278 g/mol. The molecule has 94 valence electrons. The highest BCUT2D eigenvalue weighted by atomic mass is 32.1. The van der Waals surface area contributed by atoms with Crippen LogP contribution in [0.25, 0.3) is 0 Å². The number of carbonyl (C=O) groups excluding carboxylic acids is 1. The summed E-state index contributed by atoms with van der Waals surface area (Å²) in [5.41, 5.74) is 0.620. The van der Waals surface area contributed by atoms with Gasteiger partial charge in [-0.25, -0.2) is 4.98 Å². The van der Waals surface area contributed by atoms with E-state index in [9.17, 15) is 4.79 Å². The van der Waals surface area contributed by atoms with Gasteiger partial charge in [0.05, 0.1) is 6.54 Å². The Morgan fingerprint density at radius 1 is 1.50 bits per heavy atom. The second kappa shape index (κ2) is 6.02. The molecule has 1 amide bonds. The van der Waals surface area contributed by atoms with Gasteiger partial charge in [0.15, 0.2) is 0 Å². The maximum atomic E-state index is 11.9. The highest BCUT2D eigenvalue weighted by Crippen LogP contribution is 2.13. The molecule has 0 fully saturated rings. The fraction of sp³-hybridized carbons (Fsp3) is 0.231. The molecule has 0 aliphatic carbocycles. The Morgan fingerprint density at radius 3 is 3.00 bits per heavy atom. The van der Waals surface area contributed by atoms with E-state index in [-0.39, 0.29) is 5.91 Å². The number of rotatable bonds is 4. The van der Waals surface area contributed by atoms with Crippen LogP contribution in [0.5, 0.6) is 0 Å². The van der Waals surface area contributed by atoms with Crippen molar-refractivity contribution in [2.24, 2.45) is 0 Å². The van der Waals surface area contributed by atoms with Crippen LogP contribution in [0.2, 0.25) is 0 Å². The number of nitrogens with one attached hydrogen (secondary N) is 1. The van der Waals surface area contributed by atoms with Crippen molar-refractivity contribution >= 4 is 29.9 Å². The molecule has 0 saturated heterocycles. The van der Waals surface area contributed by atoms with Gasteiger partial charge in [0.2, 0.25) is 0 Å². The van der Waals surface area contributed by atoms with E-state index in [4.69, 9.17) is 0 Å². The number of hydrogen-bond acceptors (Lipinski definition) is 4. The SMILES string of the molecule is CCc1cnc(CNC(=O)c2cccc(S)c2)s1. The van der Waals surface area contributed by atoms with Gasteiger partial charge < -0.3 is 5.32 Å². The molecule has 2 rings (SSSR count). The van der Waals surface area contributed by atoms with Crippen LogP contribution >= 0.6 is 24.0 Å². The molecule has 1 aromatic carbocycles. The Kier molecular flexibility index (Phi) is 4.38. The minimum Gasteiger partial charge on any atom is -0.346 e. The molecule has 0 aliphatic rings. The standard InChI is InChI=1S/C13H14N2OS2/c1-2-11-7-14-12(18-11)8-15-13(16)9-4-3-5-10(17)6-9/h3-7,17H,2,8H2,1H3,(H,15,16). The predicted octanol–water partition coefficient (Wildman–Crippen LogP) is 2.92. The van der Waals surface area contributed by atoms with Crippen molar-refractivity contribution in [3.63, 3.8) is 0 Å². The molecule has 0 unspecified atom stereocenters. The van der Waals surface area contributed by atoms with E-state index in [2.05, 4.69) is 29.9 Å². The van der Waals surface area contributed by atoms with E-state index in [0.717, 1.165) is 16.3 Å². The molecular formula is C13H14N2OS2. The lowest BCUT2D eigenvalue weighted by Gasteiger charge is -2.03. The van der Waals surface area contributed by atoms with Crippen molar-refractivity contribution in [1.29, 1.82) is 0 Å². The summed E-state index contributed by atoms with van der Waals surface area (Å²) in [6.07, 6.45) is 2.84. The molecule has 0 aliphatic heterocycles. The Hall–Kier alpha value is -1.33. The predicted molar refractivity (Wildman–Crippen MR) is 76.4 cm³/mol. The molecular weight excluding hydrogens is 264 g/mol. The minimum absolute atomic E-state index is 0.0980. The molecule has 1 N–H and O–H groups in total. The van der Waals surface area contributed by atoms with Gasteiger partial charge in [-0.1, -0.05) is 13.0 Å². The van der Waals surface area contributed by atoms with E-state index < -0.39 is 0 Å². The first-order valence-electron chi connectivity index (χ1n) is 5.70. The number of thiazole rings is 1. The van der Waals surface area contributed by atoms with Crippen LogP contribution in [0.4, 0.5) is 0 Å². The third-order valence-corrected chi connectivity index (χ3v) is 3.88. The maximum absolute atomic E-state index is 11.9. The molecule has 0 spiro atoms. The number of aryl methyl sites for hydroxylation is 1.